The van der Waals surface area contributed by atoms with Gasteiger partial charge in [-0.25, -0.2) is 4.79 Å². The van der Waals surface area contributed by atoms with Gasteiger partial charge in [0.1, 0.15) is 6.04 Å². The first-order chi connectivity index (χ1) is 8.68. The minimum atomic E-state index is -0.987. The number of amides is 1. The van der Waals surface area contributed by atoms with Crippen LogP contribution in [-0.4, -0.2) is 38.4 Å². The summed E-state index contributed by atoms with van der Waals surface area (Å²) >= 11 is 0. The number of rotatable bonds is 4. The molecular formula is C11H16N4O3. The van der Waals surface area contributed by atoms with Gasteiger partial charge < -0.3 is 10.4 Å². The largest absolute Gasteiger partial charge is 0.480 e. The molecule has 1 aliphatic rings. The minimum absolute atomic E-state index is 0.00658. The smallest absolute Gasteiger partial charge is 0.326 e. The number of hydrogen-bond donors (Lipinski definition) is 3. The van der Waals surface area contributed by atoms with Gasteiger partial charge in [-0.1, -0.05) is 19.3 Å². The maximum Gasteiger partial charge on any atom is 0.326 e. The van der Waals surface area contributed by atoms with Crippen molar-refractivity contribution in [2.75, 3.05) is 0 Å². The first-order valence-electron chi connectivity index (χ1n) is 6.08. The molecule has 1 fully saturated rings. The molecule has 1 aliphatic carbocycles. The van der Waals surface area contributed by atoms with Crippen molar-refractivity contribution in [2.24, 2.45) is 5.92 Å². The molecule has 0 bridgehead atoms. The van der Waals surface area contributed by atoms with E-state index in [0.717, 1.165) is 32.1 Å². The molecule has 0 aromatic carbocycles. The number of aliphatic carboxylic acids is 1. The highest BCUT2D eigenvalue weighted by atomic mass is 16.4. The molecule has 0 saturated heterocycles. The Hall–Kier alpha value is -1.92. The van der Waals surface area contributed by atoms with E-state index in [1.807, 2.05) is 0 Å². The monoisotopic (exact) mass is 252 g/mol. The molecule has 7 heteroatoms. The summed E-state index contributed by atoms with van der Waals surface area (Å²) in [5.74, 6) is -1.48. The SMILES string of the molecule is O=C(NC(C(=O)O)C1CCCCC1)c1cn[nH]n1. The Morgan fingerprint density at radius 3 is 2.67 bits per heavy atom. The fourth-order valence-corrected chi connectivity index (χ4v) is 2.37. The third kappa shape index (κ3) is 2.85. The Morgan fingerprint density at radius 1 is 1.39 bits per heavy atom. The molecule has 1 unspecified atom stereocenters. The van der Waals surface area contributed by atoms with E-state index in [1.54, 1.807) is 0 Å². The van der Waals surface area contributed by atoms with Gasteiger partial charge in [0.25, 0.3) is 5.91 Å². The van der Waals surface area contributed by atoms with Crippen molar-refractivity contribution in [3.63, 3.8) is 0 Å². The number of carboxylic acids is 1. The third-order valence-electron chi connectivity index (χ3n) is 3.32. The fraction of sp³-hybridized carbons (Fsp3) is 0.636. The number of carbonyl (C=O) groups excluding carboxylic acids is 1. The number of carbonyl (C=O) groups is 2. The normalized spacial score (nSPS) is 18.2. The number of H-pyrrole nitrogens is 1. The molecule has 1 atom stereocenters. The van der Waals surface area contributed by atoms with Crippen LogP contribution in [0.1, 0.15) is 42.6 Å². The summed E-state index contributed by atoms with van der Waals surface area (Å²) in [4.78, 5) is 23.0. The zero-order chi connectivity index (χ0) is 13.0. The topological polar surface area (TPSA) is 108 Å². The van der Waals surface area contributed by atoms with E-state index in [-0.39, 0.29) is 11.6 Å². The molecule has 1 saturated carbocycles. The van der Waals surface area contributed by atoms with Gasteiger partial charge in [-0.3, -0.25) is 4.79 Å². The van der Waals surface area contributed by atoms with Gasteiger partial charge in [0.15, 0.2) is 5.69 Å². The number of aromatic nitrogens is 3. The Kier molecular flexibility index (Phi) is 3.91. The van der Waals surface area contributed by atoms with E-state index in [0.29, 0.717) is 0 Å². The van der Waals surface area contributed by atoms with Crippen molar-refractivity contribution in [3.05, 3.63) is 11.9 Å². The van der Waals surface area contributed by atoms with Crippen molar-refractivity contribution >= 4 is 11.9 Å². The van der Waals surface area contributed by atoms with Crippen LogP contribution in [0.25, 0.3) is 0 Å². The molecule has 98 valence electrons. The van der Waals surface area contributed by atoms with Gasteiger partial charge in [-0.05, 0) is 18.8 Å². The van der Waals surface area contributed by atoms with Crippen LogP contribution >= 0.6 is 0 Å². The molecule has 1 aromatic heterocycles. The third-order valence-corrected chi connectivity index (χ3v) is 3.32. The van der Waals surface area contributed by atoms with Crippen LogP contribution in [0.3, 0.4) is 0 Å². The van der Waals surface area contributed by atoms with Gasteiger partial charge >= 0.3 is 5.97 Å². The van der Waals surface area contributed by atoms with E-state index in [4.69, 9.17) is 0 Å². The van der Waals surface area contributed by atoms with Crippen molar-refractivity contribution in [3.8, 4) is 0 Å². The predicted molar refractivity (Wildman–Crippen MR) is 61.8 cm³/mol. The molecule has 1 aromatic rings. The van der Waals surface area contributed by atoms with Crippen molar-refractivity contribution in [2.45, 2.75) is 38.1 Å². The van der Waals surface area contributed by atoms with Gasteiger partial charge in [-0.2, -0.15) is 15.4 Å². The molecule has 7 nitrogen and oxygen atoms in total. The average Bonchev–Trinajstić information content (AvgIpc) is 2.90. The Morgan fingerprint density at radius 2 is 2.11 bits per heavy atom. The van der Waals surface area contributed by atoms with Crippen LogP contribution in [0.2, 0.25) is 0 Å². The highest BCUT2D eigenvalue weighted by Gasteiger charge is 2.31. The maximum atomic E-state index is 11.8. The predicted octanol–water partition coefficient (Wildman–Crippen LogP) is 0.568. The number of carboxylic acid groups (broad SMARTS) is 1. The van der Waals surface area contributed by atoms with Crippen molar-refractivity contribution < 1.29 is 14.7 Å². The zero-order valence-electron chi connectivity index (χ0n) is 9.93. The lowest BCUT2D eigenvalue weighted by Gasteiger charge is -2.27. The zero-order valence-corrected chi connectivity index (χ0v) is 9.93. The molecule has 3 N–H and O–H groups in total. The van der Waals surface area contributed by atoms with Crippen molar-refractivity contribution in [1.82, 2.24) is 20.7 Å². The molecule has 2 rings (SSSR count). The lowest BCUT2D eigenvalue weighted by Crippen LogP contribution is -2.46. The molecule has 18 heavy (non-hydrogen) atoms. The second kappa shape index (κ2) is 5.61. The van der Waals surface area contributed by atoms with Crippen LogP contribution in [0, 0.1) is 5.92 Å². The Bertz CT molecular complexity index is 412. The van der Waals surface area contributed by atoms with E-state index in [1.165, 1.54) is 6.20 Å². The highest BCUT2D eigenvalue weighted by Crippen LogP contribution is 2.26. The standard InChI is InChI=1S/C11H16N4O3/c16-10(8-6-12-15-14-8)13-9(11(17)18)7-4-2-1-3-5-7/h6-7,9H,1-5H2,(H,13,16)(H,17,18)(H,12,14,15). The van der Waals surface area contributed by atoms with E-state index in [9.17, 15) is 14.7 Å². The van der Waals surface area contributed by atoms with Crippen LogP contribution in [-0.2, 0) is 4.79 Å². The van der Waals surface area contributed by atoms with Crippen LogP contribution < -0.4 is 5.32 Å². The first kappa shape index (κ1) is 12.5. The summed E-state index contributed by atoms with van der Waals surface area (Å²) in [6.07, 6.45) is 6.14. The number of hydrogen-bond acceptors (Lipinski definition) is 4. The molecule has 0 spiro atoms. The summed E-state index contributed by atoms with van der Waals surface area (Å²) < 4.78 is 0. The van der Waals surface area contributed by atoms with Crippen molar-refractivity contribution in [1.29, 1.82) is 0 Å². The summed E-state index contributed by atoms with van der Waals surface area (Å²) in [6, 6.07) is -0.838. The van der Waals surface area contributed by atoms with Crippen LogP contribution in [0.15, 0.2) is 6.20 Å². The van der Waals surface area contributed by atoms with Gasteiger partial charge in [0.05, 0.1) is 6.20 Å². The average molecular weight is 252 g/mol. The quantitative estimate of drug-likeness (QED) is 0.726. The minimum Gasteiger partial charge on any atom is -0.480 e. The maximum absolute atomic E-state index is 11.8. The highest BCUT2D eigenvalue weighted by molar-refractivity contribution is 5.94. The second-order valence-electron chi connectivity index (χ2n) is 4.54. The lowest BCUT2D eigenvalue weighted by molar-refractivity contribution is -0.141. The van der Waals surface area contributed by atoms with Crippen LogP contribution in [0.4, 0.5) is 0 Å². The summed E-state index contributed by atoms with van der Waals surface area (Å²) in [6.45, 7) is 0. The van der Waals surface area contributed by atoms with E-state index in [2.05, 4.69) is 20.7 Å². The summed E-state index contributed by atoms with van der Waals surface area (Å²) in [5.41, 5.74) is 0.108. The van der Waals surface area contributed by atoms with E-state index >= 15 is 0 Å². The molecule has 0 aliphatic heterocycles. The number of aromatic amines is 1. The molecule has 1 heterocycles. The Balaban J connectivity index is 2.02. The molecule has 0 radical (unpaired) electrons. The summed E-state index contributed by atoms with van der Waals surface area (Å²) in [5, 5.41) is 21.2. The Labute approximate surface area is 104 Å². The van der Waals surface area contributed by atoms with Gasteiger partial charge in [0, 0.05) is 0 Å². The lowest BCUT2D eigenvalue weighted by atomic mass is 9.84. The van der Waals surface area contributed by atoms with Crippen LogP contribution in [0.5, 0.6) is 0 Å². The number of nitrogens with one attached hydrogen (secondary N) is 2. The second-order valence-corrected chi connectivity index (χ2v) is 4.54. The summed E-state index contributed by atoms with van der Waals surface area (Å²) in [7, 11) is 0. The van der Waals surface area contributed by atoms with Gasteiger partial charge in [0.2, 0.25) is 0 Å². The fourth-order valence-electron chi connectivity index (χ4n) is 2.37. The van der Waals surface area contributed by atoms with E-state index < -0.39 is 17.9 Å². The number of nitrogens with zero attached hydrogens (tertiary/aromatic N) is 2. The molecular weight excluding hydrogens is 236 g/mol. The first-order valence-corrected chi connectivity index (χ1v) is 6.08. The molecule has 1 amide bonds. The van der Waals surface area contributed by atoms with Gasteiger partial charge in [-0.15, -0.1) is 0 Å².